The van der Waals surface area contributed by atoms with Crippen LogP contribution >= 0.6 is 0 Å². The summed E-state index contributed by atoms with van der Waals surface area (Å²) in [7, 11) is 0. The van der Waals surface area contributed by atoms with Gasteiger partial charge in [0.05, 0.1) is 59.4 Å². The highest BCUT2D eigenvalue weighted by Gasteiger charge is 2.12. The summed E-state index contributed by atoms with van der Waals surface area (Å²) < 4.78 is 40.9. The van der Waals surface area contributed by atoms with Crippen molar-refractivity contribution in [2.45, 2.75) is 33.6 Å². The number of rotatable bonds is 28. The molecule has 0 saturated heterocycles. The van der Waals surface area contributed by atoms with Crippen molar-refractivity contribution in [3.05, 3.63) is 0 Å². The molecule has 16 heteroatoms. The zero-order valence-electron chi connectivity index (χ0n) is 25.7. The molecule has 0 unspecified atom stereocenters. The standard InChI is InChI=1S/C27H49N3O13/c1-4-10-42-26(34)28-6-12-36-16-18-38-21-24(32)40-14-8-30(20-23(3)31)9-15-41-25(33)22-39-19-17-37-13-7-29-27(35)43-11-5-2/h4-22H2,1-3H3,(H,28,34)(H,29,35). The van der Waals surface area contributed by atoms with Crippen LogP contribution in [0.3, 0.4) is 0 Å². The fraction of sp³-hybridized carbons (Fsp3) is 0.815. The van der Waals surface area contributed by atoms with Gasteiger partial charge in [0, 0.05) is 26.2 Å². The van der Waals surface area contributed by atoms with Gasteiger partial charge in [0.25, 0.3) is 0 Å². The van der Waals surface area contributed by atoms with Crippen molar-refractivity contribution in [1.29, 1.82) is 0 Å². The molecule has 16 nitrogen and oxygen atoms in total. The van der Waals surface area contributed by atoms with Gasteiger partial charge >= 0.3 is 24.1 Å². The summed E-state index contributed by atoms with van der Waals surface area (Å²) in [6, 6.07) is 0. The summed E-state index contributed by atoms with van der Waals surface area (Å²) in [5, 5.41) is 5.08. The van der Waals surface area contributed by atoms with Gasteiger partial charge < -0.3 is 48.5 Å². The van der Waals surface area contributed by atoms with E-state index in [0.29, 0.717) is 26.3 Å². The Balaban J connectivity index is 3.82. The van der Waals surface area contributed by atoms with Crippen LogP contribution in [0.15, 0.2) is 0 Å². The van der Waals surface area contributed by atoms with E-state index in [1.165, 1.54) is 6.92 Å². The maximum absolute atomic E-state index is 11.9. The molecule has 0 aromatic heterocycles. The molecular formula is C27H49N3O13. The number of ether oxygens (including phenoxy) is 8. The molecule has 0 atom stereocenters. The first-order valence-electron chi connectivity index (χ1n) is 14.4. The first kappa shape index (κ1) is 40.0. The minimum absolute atomic E-state index is 0.0261. The van der Waals surface area contributed by atoms with E-state index in [2.05, 4.69) is 10.6 Å². The van der Waals surface area contributed by atoms with Crippen LogP contribution in [0, 0.1) is 0 Å². The van der Waals surface area contributed by atoms with E-state index in [1.54, 1.807) is 4.90 Å². The number of Topliss-reactive ketones (excluding diaryl/α,β-unsaturated/α-hetero) is 1. The number of carbonyl (C=O) groups is 5. The van der Waals surface area contributed by atoms with Crippen molar-refractivity contribution in [2.24, 2.45) is 0 Å². The van der Waals surface area contributed by atoms with Gasteiger partial charge in [-0.1, -0.05) is 13.8 Å². The fourth-order valence-corrected chi connectivity index (χ4v) is 2.94. The van der Waals surface area contributed by atoms with E-state index >= 15 is 0 Å². The maximum atomic E-state index is 11.9. The Labute approximate surface area is 253 Å². The summed E-state index contributed by atoms with van der Waals surface area (Å²) in [5.41, 5.74) is 0. The van der Waals surface area contributed by atoms with Gasteiger partial charge in [-0.3, -0.25) is 9.69 Å². The van der Waals surface area contributed by atoms with Gasteiger partial charge in [0.1, 0.15) is 32.2 Å². The third kappa shape index (κ3) is 28.8. The van der Waals surface area contributed by atoms with Gasteiger partial charge in [-0.2, -0.15) is 0 Å². The lowest BCUT2D eigenvalue weighted by Crippen LogP contribution is -2.36. The second-order valence-corrected chi connectivity index (χ2v) is 8.87. The quantitative estimate of drug-likeness (QED) is 0.0688. The minimum Gasteiger partial charge on any atom is -0.463 e. The summed E-state index contributed by atoms with van der Waals surface area (Å²) >= 11 is 0. The van der Waals surface area contributed by atoms with Gasteiger partial charge in [0.2, 0.25) is 0 Å². The Kier molecular flexibility index (Phi) is 27.0. The van der Waals surface area contributed by atoms with Crippen LogP contribution in [-0.4, -0.2) is 147 Å². The molecule has 0 aliphatic carbocycles. The number of hydrogen-bond donors (Lipinski definition) is 2. The number of carbonyl (C=O) groups excluding carboxylic acids is 5. The lowest BCUT2D eigenvalue weighted by Gasteiger charge is -2.20. The van der Waals surface area contributed by atoms with Gasteiger partial charge in [-0.05, 0) is 19.8 Å². The molecular weight excluding hydrogens is 574 g/mol. The normalized spacial score (nSPS) is 10.7. The van der Waals surface area contributed by atoms with Crippen molar-refractivity contribution in [3.8, 4) is 0 Å². The van der Waals surface area contributed by atoms with Crippen LogP contribution in [0.5, 0.6) is 0 Å². The highest BCUT2D eigenvalue weighted by atomic mass is 16.6. The molecule has 250 valence electrons. The highest BCUT2D eigenvalue weighted by molar-refractivity contribution is 5.77. The van der Waals surface area contributed by atoms with Crippen LogP contribution in [0.1, 0.15) is 33.6 Å². The van der Waals surface area contributed by atoms with Crippen LogP contribution in [0.4, 0.5) is 9.59 Å². The van der Waals surface area contributed by atoms with E-state index in [-0.39, 0.29) is 91.5 Å². The molecule has 0 saturated carbocycles. The number of esters is 2. The summed E-state index contributed by atoms with van der Waals surface area (Å²) in [6.45, 7) is 8.06. The second-order valence-electron chi connectivity index (χ2n) is 8.87. The Hall–Kier alpha value is -3.05. The number of ketones is 1. The second kappa shape index (κ2) is 29.0. The van der Waals surface area contributed by atoms with Crippen molar-refractivity contribution in [2.75, 3.05) is 112 Å². The van der Waals surface area contributed by atoms with Gasteiger partial charge in [-0.15, -0.1) is 0 Å². The molecule has 2 amide bonds. The molecule has 0 radical (unpaired) electrons. The predicted octanol–water partition coefficient (Wildman–Crippen LogP) is 0.303. The molecule has 0 rings (SSSR count). The molecule has 0 aliphatic heterocycles. The van der Waals surface area contributed by atoms with Gasteiger partial charge in [0.15, 0.2) is 0 Å². The summed E-state index contributed by atoms with van der Waals surface area (Å²) in [6.07, 6.45) is 0.501. The number of hydrogen-bond acceptors (Lipinski definition) is 14. The molecule has 0 aliphatic rings. The molecule has 0 heterocycles. The fourth-order valence-electron chi connectivity index (χ4n) is 2.94. The van der Waals surface area contributed by atoms with Crippen molar-refractivity contribution in [3.63, 3.8) is 0 Å². The first-order chi connectivity index (χ1) is 20.8. The van der Waals surface area contributed by atoms with Gasteiger partial charge in [-0.25, -0.2) is 19.2 Å². The Bertz CT molecular complexity index is 716. The monoisotopic (exact) mass is 623 g/mol. The Morgan fingerprint density at radius 2 is 0.953 bits per heavy atom. The molecule has 43 heavy (non-hydrogen) atoms. The van der Waals surface area contributed by atoms with Crippen LogP contribution in [0.25, 0.3) is 0 Å². The third-order valence-corrected chi connectivity index (χ3v) is 4.88. The van der Waals surface area contributed by atoms with Crippen molar-refractivity contribution >= 4 is 29.9 Å². The molecule has 2 N–H and O–H groups in total. The van der Waals surface area contributed by atoms with Crippen molar-refractivity contribution < 1.29 is 61.9 Å². The Morgan fingerprint density at radius 3 is 1.35 bits per heavy atom. The molecule has 0 bridgehead atoms. The largest absolute Gasteiger partial charge is 0.463 e. The van der Waals surface area contributed by atoms with Crippen molar-refractivity contribution in [1.82, 2.24) is 15.5 Å². The number of amides is 2. The summed E-state index contributed by atoms with van der Waals surface area (Å²) in [4.78, 5) is 59.5. The van der Waals surface area contributed by atoms with E-state index < -0.39 is 24.1 Å². The molecule has 0 aromatic carbocycles. The lowest BCUT2D eigenvalue weighted by atomic mass is 10.4. The van der Waals surface area contributed by atoms with Crippen LogP contribution < -0.4 is 10.6 Å². The zero-order chi connectivity index (χ0) is 32.0. The third-order valence-electron chi connectivity index (χ3n) is 4.88. The lowest BCUT2D eigenvalue weighted by molar-refractivity contribution is -0.150. The highest BCUT2D eigenvalue weighted by Crippen LogP contribution is 1.94. The maximum Gasteiger partial charge on any atom is 0.407 e. The minimum atomic E-state index is -0.568. The topological polar surface area (TPSA) is 186 Å². The number of nitrogens with one attached hydrogen (secondary N) is 2. The van der Waals surface area contributed by atoms with Crippen LogP contribution in [0.2, 0.25) is 0 Å². The smallest absolute Gasteiger partial charge is 0.407 e. The number of nitrogens with zero attached hydrogens (tertiary/aromatic N) is 1. The SMILES string of the molecule is CCCOC(=O)NCCOCCOCC(=O)OCCN(CCOC(=O)COCCOCCNC(=O)OCCC)CC(C)=O. The average Bonchev–Trinajstić information content (AvgIpc) is 2.97. The molecule has 0 spiro atoms. The predicted molar refractivity (Wildman–Crippen MR) is 152 cm³/mol. The van der Waals surface area contributed by atoms with E-state index in [9.17, 15) is 24.0 Å². The Morgan fingerprint density at radius 1 is 0.535 bits per heavy atom. The molecule has 0 aromatic rings. The zero-order valence-corrected chi connectivity index (χ0v) is 25.7. The van der Waals surface area contributed by atoms with Crippen LogP contribution in [-0.2, 0) is 52.3 Å². The molecule has 0 fully saturated rings. The van der Waals surface area contributed by atoms with E-state index in [0.717, 1.165) is 12.8 Å². The average molecular weight is 624 g/mol. The van der Waals surface area contributed by atoms with E-state index in [4.69, 9.17) is 37.9 Å². The summed E-state index contributed by atoms with van der Waals surface area (Å²) in [5.74, 6) is -1.23. The van der Waals surface area contributed by atoms with E-state index in [1.807, 2.05) is 13.8 Å². The number of alkyl carbamates (subject to hydrolysis) is 2. The first-order valence-corrected chi connectivity index (χ1v) is 14.4.